The Balaban J connectivity index is 2.16. The van der Waals surface area contributed by atoms with E-state index in [2.05, 4.69) is 50.2 Å². The van der Waals surface area contributed by atoms with E-state index in [-0.39, 0.29) is 5.75 Å². The molecule has 0 atom stereocenters. The molecule has 0 radical (unpaired) electrons. The molecule has 0 aliphatic heterocycles. The van der Waals surface area contributed by atoms with Crippen molar-refractivity contribution < 1.29 is 9.84 Å². The highest BCUT2D eigenvalue weighted by molar-refractivity contribution is 9.10. The van der Waals surface area contributed by atoms with E-state index in [9.17, 15) is 5.11 Å². The van der Waals surface area contributed by atoms with Gasteiger partial charge in [-0.15, -0.1) is 0 Å². The summed E-state index contributed by atoms with van der Waals surface area (Å²) in [4.78, 5) is 0. The van der Waals surface area contributed by atoms with Gasteiger partial charge in [-0.2, -0.15) is 0 Å². The van der Waals surface area contributed by atoms with Crippen molar-refractivity contribution in [3.05, 3.63) is 50.4 Å². The van der Waals surface area contributed by atoms with Crippen LogP contribution in [0.25, 0.3) is 0 Å². The molecular weight excluding hydrogens is 386 g/mol. The molecule has 20 heavy (non-hydrogen) atoms. The maximum Gasteiger partial charge on any atom is 0.172 e. The number of rotatable bonds is 4. The van der Waals surface area contributed by atoms with Crippen LogP contribution in [0.3, 0.4) is 0 Å². The average Bonchev–Trinajstić information content (AvgIpc) is 2.41. The Morgan fingerprint density at radius 3 is 2.60 bits per heavy atom. The van der Waals surface area contributed by atoms with Gasteiger partial charge in [0.25, 0.3) is 0 Å². The Morgan fingerprint density at radius 2 is 1.95 bits per heavy atom. The van der Waals surface area contributed by atoms with Crippen LogP contribution in [-0.2, 0) is 6.54 Å². The number of hydrogen-bond donors (Lipinski definition) is 2. The maximum atomic E-state index is 9.78. The van der Waals surface area contributed by atoms with Gasteiger partial charge in [0, 0.05) is 16.7 Å². The molecule has 0 spiro atoms. The molecule has 106 valence electrons. The number of phenols is 1. The van der Waals surface area contributed by atoms with Crippen molar-refractivity contribution in [2.45, 2.75) is 13.5 Å². The summed E-state index contributed by atoms with van der Waals surface area (Å²) in [7, 11) is 1.54. The molecule has 2 aromatic rings. The predicted molar refractivity (Wildman–Crippen MR) is 88.6 cm³/mol. The zero-order valence-electron chi connectivity index (χ0n) is 11.2. The van der Waals surface area contributed by atoms with Gasteiger partial charge in [0.2, 0.25) is 0 Å². The number of hydrogen-bond acceptors (Lipinski definition) is 3. The number of ether oxygens (including phenoxy) is 1. The van der Waals surface area contributed by atoms with Crippen molar-refractivity contribution in [2.75, 3.05) is 12.4 Å². The molecule has 0 aliphatic rings. The SMILES string of the molecule is COc1cc(CNc2ccc(Br)cc2C)cc(Br)c1O. The summed E-state index contributed by atoms with van der Waals surface area (Å²) in [6.45, 7) is 2.71. The van der Waals surface area contributed by atoms with Gasteiger partial charge in [-0.25, -0.2) is 0 Å². The molecule has 0 saturated heterocycles. The van der Waals surface area contributed by atoms with E-state index in [1.165, 1.54) is 12.7 Å². The van der Waals surface area contributed by atoms with Gasteiger partial charge in [0.05, 0.1) is 11.6 Å². The van der Waals surface area contributed by atoms with E-state index in [1.54, 1.807) is 0 Å². The van der Waals surface area contributed by atoms with Gasteiger partial charge < -0.3 is 15.2 Å². The van der Waals surface area contributed by atoms with E-state index in [0.29, 0.717) is 16.8 Å². The first-order valence-corrected chi connectivity index (χ1v) is 7.65. The van der Waals surface area contributed by atoms with Crippen molar-refractivity contribution in [1.82, 2.24) is 0 Å². The monoisotopic (exact) mass is 399 g/mol. The molecule has 0 bridgehead atoms. The number of methoxy groups -OCH3 is 1. The van der Waals surface area contributed by atoms with Gasteiger partial charge in [-0.1, -0.05) is 15.9 Å². The van der Waals surface area contributed by atoms with Crippen LogP contribution in [0, 0.1) is 6.92 Å². The number of phenolic OH excluding ortho intramolecular Hbond substituents is 1. The minimum absolute atomic E-state index is 0.121. The Kier molecular flexibility index (Phi) is 4.94. The number of benzene rings is 2. The van der Waals surface area contributed by atoms with E-state index in [4.69, 9.17) is 4.74 Å². The lowest BCUT2D eigenvalue weighted by Crippen LogP contribution is -2.01. The van der Waals surface area contributed by atoms with E-state index >= 15 is 0 Å². The largest absolute Gasteiger partial charge is 0.503 e. The van der Waals surface area contributed by atoms with Crippen LogP contribution in [0.2, 0.25) is 0 Å². The van der Waals surface area contributed by atoms with Crippen molar-refractivity contribution >= 4 is 37.5 Å². The maximum absolute atomic E-state index is 9.78. The van der Waals surface area contributed by atoms with Crippen LogP contribution in [0.5, 0.6) is 11.5 Å². The molecule has 0 aromatic heterocycles. The van der Waals surface area contributed by atoms with Gasteiger partial charge in [-0.05, 0) is 64.3 Å². The summed E-state index contributed by atoms with van der Waals surface area (Å²) >= 11 is 6.77. The molecular formula is C15H15Br2NO2. The first-order valence-electron chi connectivity index (χ1n) is 6.06. The van der Waals surface area contributed by atoms with Crippen molar-refractivity contribution in [3.8, 4) is 11.5 Å². The summed E-state index contributed by atoms with van der Waals surface area (Å²) in [5, 5.41) is 13.2. The summed E-state index contributed by atoms with van der Waals surface area (Å²) in [5.41, 5.74) is 3.27. The fourth-order valence-electron chi connectivity index (χ4n) is 1.91. The smallest absolute Gasteiger partial charge is 0.172 e. The second-order valence-electron chi connectivity index (χ2n) is 4.44. The van der Waals surface area contributed by atoms with Crippen molar-refractivity contribution in [1.29, 1.82) is 0 Å². The molecule has 2 N–H and O–H groups in total. The second-order valence-corrected chi connectivity index (χ2v) is 6.21. The highest BCUT2D eigenvalue weighted by atomic mass is 79.9. The van der Waals surface area contributed by atoms with Gasteiger partial charge in [0.1, 0.15) is 0 Å². The third-order valence-corrected chi connectivity index (χ3v) is 4.08. The Bertz CT molecular complexity index is 630. The third-order valence-electron chi connectivity index (χ3n) is 2.98. The van der Waals surface area contributed by atoms with E-state index < -0.39 is 0 Å². The molecule has 2 aromatic carbocycles. The normalized spacial score (nSPS) is 10.4. The fourth-order valence-corrected chi connectivity index (χ4v) is 2.87. The zero-order chi connectivity index (χ0) is 14.7. The Labute approximate surface area is 135 Å². The third kappa shape index (κ3) is 3.46. The lowest BCUT2D eigenvalue weighted by atomic mass is 10.1. The molecule has 2 rings (SSSR count). The molecule has 0 fully saturated rings. The standard InChI is InChI=1S/C15H15Br2NO2/c1-9-5-11(16)3-4-13(9)18-8-10-6-12(17)15(19)14(7-10)20-2/h3-7,18-19H,8H2,1-2H3. The lowest BCUT2D eigenvalue weighted by Gasteiger charge is -2.12. The molecule has 5 heteroatoms. The summed E-state index contributed by atoms with van der Waals surface area (Å²) < 4.78 is 6.83. The minimum Gasteiger partial charge on any atom is -0.503 e. The Hall–Kier alpha value is -1.20. The van der Waals surface area contributed by atoms with Gasteiger partial charge in [-0.3, -0.25) is 0 Å². The zero-order valence-corrected chi connectivity index (χ0v) is 14.4. The lowest BCUT2D eigenvalue weighted by molar-refractivity contribution is 0.371. The first kappa shape index (κ1) is 15.2. The summed E-state index contributed by atoms with van der Waals surface area (Å²) in [6.07, 6.45) is 0. The highest BCUT2D eigenvalue weighted by Gasteiger charge is 2.08. The first-order chi connectivity index (χ1) is 9.51. The predicted octanol–water partition coefficient (Wildman–Crippen LogP) is 4.85. The molecule has 0 heterocycles. The van der Waals surface area contributed by atoms with Crippen LogP contribution >= 0.6 is 31.9 Å². The number of anilines is 1. The molecule has 0 unspecified atom stereocenters. The number of nitrogens with one attached hydrogen (secondary N) is 1. The quantitative estimate of drug-likeness (QED) is 0.770. The van der Waals surface area contributed by atoms with Crippen LogP contribution < -0.4 is 10.1 Å². The van der Waals surface area contributed by atoms with Crippen LogP contribution in [0.1, 0.15) is 11.1 Å². The molecule has 3 nitrogen and oxygen atoms in total. The summed E-state index contributed by atoms with van der Waals surface area (Å²) in [5.74, 6) is 0.583. The topological polar surface area (TPSA) is 41.5 Å². The number of halogens is 2. The second kappa shape index (κ2) is 6.50. The number of aromatic hydroxyl groups is 1. The number of aryl methyl sites for hydroxylation is 1. The Morgan fingerprint density at radius 1 is 1.20 bits per heavy atom. The van der Waals surface area contributed by atoms with Gasteiger partial charge in [0.15, 0.2) is 11.5 Å². The van der Waals surface area contributed by atoms with Gasteiger partial charge >= 0.3 is 0 Å². The molecule has 0 amide bonds. The molecule has 0 saturated carbocycles. The minimum atomic E-state index is 0.121. The van der Waals surface area contributed by atoms with Crippen molar-refractivity contribution in [2.24, 2.45) is 0 Å². The molecule has 0 aliphatic carbocycles. The van der Waals surface area contributed by atoms with E-state index in [1.807, 2.05) is 24.3 Å². The fraction of sp³-hybridized carbons (Fsp3) is 0.200. The average molecular weight is 401 g/mol. The highest BCUT2D eigenvalue weighted by Crippen LogP contribution is 2.35. The van der Waals surface area contributed by atoms with Crippen LogP contribution in [0.4, 0.5) is 5.69 Å². The van der Waals surface area contributed by atoms with Crippen LogP contribution in [-0.4, -0.2) is 12.2 Å². The van der Waals surface area contributed by atoms with E-state index in [0.717, 1.165) is 15.7 Å². The van der Waals surface area contributed by atoms with Crippen LogP contribution in [0.15, 0.2) is 39.3 Å². The van der Waals surface area contributed by atoms with Crippen molar-refractivity contribution in [3.63, 3.8) is 0 Å². The summed E-state index contributed by atoms with van der Waals surface area (Å²) in [6, 6.07) is 9.80.